The van der Waals surface area contributed by atoms with Crippen molar-refractivity contribution in [2.45, 2.75) is 4.90 Å². The van der Waals surface area contributed by atoms with Gasteiger partial charge in [-0.25, -0.2) is 17.4 Å². The smallest absolute Gasteiger partial charge is 0.268 e. The van der Waals surface area contributed by atoms with Crippen molar-refractivity contribution in [1.29, 1.82) is 0 Å². The Bertz CT molecular complexity index is 1790. The summed E-state index contributed by atoms with van der Waals surface area (Å²) in [4.78, 5) is 5.24. The van der Waals surface area contributed by atoms with Crippen LogP contribution in [0.25, 0.3) is 44.0 Å². The van der Waals surface area contributed by atoms with Crippen LogP contribution in [0.3, 0.4) is 0 Å². The molecule has 6 heteroatoms. The van der Waals surface area contributed by atoms with Crippen molar-refractivity contribution in [3.8, 4) is 17.0 Å². The molecule has 2 aromatic heterocycles. The van der Waals surface area contributed by atoms with Crippen LogP contribution in [0.15, 0.2) is 108 Å². The standard InChI is InChI=1S/C28H20N2O3S/c1-33-20-17-15-19(16-18-20)27-26-23-12-6-8-14-25(23)30(34(31,32)21-9-3-2-4-10-21)28(26)22-11-5-7-13-24(22)29-27/h2-18H,1H3. The van der Waals surface area contributed by atoms with Crippen molar-refractivity contribution in [3.63, 3.8) is 0 Å². The van der Waals surface area contributed by atoms with E-state index >= 15 is 0 Å². The van der Waals surface area contributed by atoms with Crippen molar-refractivity contribution in [2.75, 3.05) is 7.11 Å². The molecule has 0 aliphatic rings. The molecule has 0 unspecified atom stereocenters. The number of fused-ring (bicyclic) bond motifs is 5. The lowest BCUT2D eigenvalue weighted by Gasteiger charge is -2.12. The topological polar surface area (TPSA) is 61.2 Å². The highest BCUT2D eigenvalue weighted by molar-refractivity contribution is 7.90. The third-order valence-corrected chi connectivity index (χ3v) is 7.83. The molecular formula is C28H20N2O3S. The first-order valence-corrected chi connectivity index (χ1v) is 12.3. The average Bonchev–Trinajstić information content (AvgIpc) is 3.25. The Morgan fingerprint density at radius 3 is 2.12 bits per heavy atom. The van der Waals surface area contributed by atoms with Gasteiger partial charge in [0, 0.05) is 21.7 Å². The second kappa shape index (κ2) is 7.71. The number of pyridine rings is 1. The van der Waals surface area contributed by atoms with Gasteiger partial charge in [0.2, 0.25) is 0 Å². The van der Waals surface area contributed by atoms with E-state index in [-0.39, 0.29) is 4.90 Å². The number of ether oxygens (including phenoxy) is 1. The normalized spacial score (nSPS) is 11.9. The first-order chi connectivity index (χ1) is 16.6. The van der Waals surface area contributed by atoms with E-state index in [4.69, 9.17) is 9.72 Å². The van der Waals surface area contributed by atoms with E-state index in [1.54, 1.807) is 31.4 Å². The van der Waals surface area contributed by atoms with Crippen molar-refractivity contribution >= 4 is 42.7 Å². The van der Waals surface area contributed by atoms with Crippen LogP contribution in [0, 0.1) is 0 Å². The molecule has 0 atom stereocenters. The fourth-order valence-corrected chi connectivity index (χ4v) is 6.11. The number of hydrogen-bond acceptors (Lipinski definition) is 4. The minimum atomic E-state index is -3.88. The molecule has 4 aromatic carbocycles. The van der Waals surface area contributed by atoms with E-state index in [0.717, 1.165) is 38.7 Å². The molecule has 0 amide bonds. The van der Waals surface area contributed by atoms with E-state index in [2.05, 4.69) is 0 Å². The number of para-hydroxylation sites is 2. The Labute approximate surface area is 196 Å². The number of benzene rings is 4. The summed E-state index contributed by atoms with van der Waals surface area (Å²) < 4.78 is 34.9. The van der Waals surface area contributed by atoms with Gasteiger partial charge in [0.1, 0.15) is 5.75 Å². The van der Waals surface area contributed by atoms with Crippen molar-refractivity contribution in [2.24, 2.45) is 0 Å². The molecule has 5 nitrogen and oxygen atoms in total. The van der Waals surface area contributed by atoms with Gasteiger partial charge in [-0.1, -0.05) is 54.6 Å². The van der Waals surface area contributed by atoms with Crippen LogP contribution in [0.1, 0.15) is 0 Å². The number of nitrogens with zero attached hydrogens (tertiary/aromatic N) is 2. The lowest BCUT2D eigenvalue weighted by atomic mass is 10.0. The molecule has 0 radical (unpaired) electrons. The average molecular weight is 465 g/mol. The molecular weight excluding hydrogens is 444 g/mol. The van der Waals surface area contributed by atoms with Gasteiger partial charge in [0.25, 0.3) is 10.0 Å². The Balaban J connectivity index is 1.84. The van der Waals surface area contributed by atoms with E-state index < -0.39 is 10.0 Å². The molecule has 0 spiro atoms. The van der Waals surface area contributed by atoms with Gasteiger partial charge in [-0.05, 0) is 48.5 Å². The molecule has 34 heavy (non-hydrogen) atoms. The molecule has 6 rings (SSSR count). The Morgan fingerprint density at radius 2 is 1.38 bits per heavy atom. The van der Waals surface area contributed by atoms with Gasteiger partial charge in [-0.3, -0.25) is 0 Å². The summed E-state index contributed by atoms with van der Waals surface area (Å²) in [7, 11) is -2.25. The van der Waals surface area contributed by atoms with E-state index in [9.17, 15) is 8.42 Å². The maximum absolute atomic E-state index is 14.0. The monoisotopic (exact) mass is 464 g/mol. The van der Waals surface area contributed by atoms with Crippen molar-refractivity contribution < 1.29 is 13.2 Å². The second-order valence-electron chi connectivity index (χ2n) is 8.03. The van der Waals surface area contributed by atoms with E-state index in [1.165, 1.54) is 3.97 Å². The summed E-state index contributed by atoms with van der Waals surface area (Å²) >= 11 is 0. The second-order valence-corrected chi connectivity index (χ2v) is 9.82. The molecule has 0 N–H and O–H groups in total. The summed E-state index contributed by atoms with van der Waals surface area (Å²) in [6.07, 6.45) is 0. The predicted molar refractivity (Wildman–Crippen MR) is 136 cm³/mol. The highest BCUT2D eigenvalue weighted by Crippen LogP contribution is 2.41. The van der Waals surface area contributed by atoms with Gasteiger partial charge in [-0.15, -0.1) is 0 Å². The molecule has 2 heterocycles. The largest absolute Gasteiger partial charge is 0.497 e. The van der Waals surface area contributed by atoms with Crippen LogP contribution in [0.5, 0.6) is 5.75 Å². The van der Waals surface area contributed by atoms with E-state index in [1.807, 2.05) is 78.9 Å². The number of methoxy groups -OCH3 is 1. The zero-order valence-corrected chi connectivity index (χ0v) is 19.2. The summed E-state index contributed by atoms with van der Waals surface area (Å²) in [5.74, 6) is 0.745. The zero-order valence-electron chi connectivity index (χ0n) is 18.3. The maximum atomic E-state index is 14.0. The lowest BCUT2D eigenvalue weighted by molar-refractivity contribution is 0.415. The van der Waals surface area contributed by atoms with Crippen LogP contribution in [0.4, 0.5) is 0 Å². The molecule has 0 aliphatic carbocycles. The number of aromatic nitrogens is 2. The third-order valence-electron chi connectivity index (χ3n) is 6.11. The van der Waals surface area contributed by atoms with Crippen LogP contribution in [-0.2, 0) is 10.0 Å². The van der Waals surface area contributed by atoms with Crippen molar-refractivity contribution in [1.82, 2.24) is 8.96 Å². The van der Waals surface area contributed by atoms with Crippen molar-refractivity contribution in [3.05, 3.63) is 103 Å². The predicted octanol–water partition coefficient (Wildman–Crippen LogP) is 6.26. The molecule has 0 fully saturated rings. The molecule has 6 aromatic rings. The Kier molecular flexibility index (Phi) is 4.64. The molecule has 0 saturated heterocycles. The summed E-state index contributed by atoms with van der Waals surface area (Å²) in [5.41, 5.74) is 3.59. The lowest BCUT2D eigenvalue weighted by Crippen LogP contribution is -2.13. The SMILES string of the molecule is COc1ccc(-c2nc3ccccc3c3c2c2ccccc2n3S(=O)(=O)c2ccccc2)cc1. The minimum Gasteiger partial charge on any atom is -0.497 e. The van der Waals surface area contributed by atoms with Crippen LogP contribution in [0.2, 0.25) is 0 Å². The minimum absolute atomic E-state index is 0.240. The van der Waals surface area contributed by atoms with Crippen LogP contribution >= 0.6 is 0 Å². The highest BCUT2D eigenvalue weighted by atomic mass is 32.2. The van der Waals surface area contributed by atoms with Gasteiger partial charge < -0.3 is 4.74 Å². The molecule has 0 aliphatic heterocycles. The first kappa shape index (κ1) is 20.4. The Morgan fingerprint density at radius 1 is 0.735 bits per heavy atom. The summed E-state index contributed by atoms with van der Waals surface area (Å²) in [6, 6.07) is 31.5. The Hall–Kier alpha value is -4.16. The molecule has 0 saturated carbocycles. The van der Waals surface area contributed by atoms with Gasteiger partial charge in [0.15, 0.2) is 0 Å². The first-order valence-electron chi connectivity index (χ1n) is 10.9. The third kappa shape index (κ3) is 2.99. The molecule has 166 valence electrons. The summed E-state index contributed by atoms with van der Waals surface area (Å²) in [6.45, 7) is 0. The maximum Gasteiger partial charge on any atom is 0.268 e. The number of rotatable bonds is 4. The van der Waals surface area contributed by atoms with Crippen LogP contribution in [-0.4, -0.2) is 24.5 Å². The quantitative estimate of drug-likeness (QED) is 0.309. The van der Waals surface area contributed by atoms with Gasteiger partial charge in [-0.2, -0.15) is 0 Å². The highest BCUT2D eigenvalue weighted by Gasteiger charge is 2.26. The van der Waals surface area contributed by atoms with E-state index in [0.29, 0.717) is 11.0 Å². The van der Waals surface area contributed by atoms with Gasteiger partial charge in [0.05, 0.1) is 34.2 Å². The fourth-order valence-electron chi connectivity index (χ4n) is 4.55. The van der Waals surface area contributed by atoms with Crippen LogP contribution < -0.4 is 4.74 Å². The fraction of sp³-hybridized carbons (Fsp3) is 0.0357. The molecule has 0 bridgehead atoms. The zero-order chi connectivity index (χ0) is 23.3. The van der Waals surface area contributed by atoms with Gasteiger partial charge >= 0.3 is 0 Å². The number of hydrogen-bond donors (Lipinski definition) is 0. The summed E-state index contributed by atoms with van der Waals surface area (Å²) in [5, 5.41) is 2.42.